The largest absolute Gasteiger partial charge is 0.482 e. The summed E-state index contributed by atoms with van der Waals surface area (Å²) >= 11 is 6.23. The summed E-state index contributed by atoms with van der Waals surface area (Å²) in [6.07, 6.45) is 0. The summed E-state index contributed by atoms with van der Waals surface area (Å²) in [6.45, 7) is 2.60. The predicted octanol–water partition coefficient (Wildman–Crippen LogP) is 2.44. The monoisotopic (exact) mass is 518 g/mol. The van der Waals surface area contributed by atoms with Crippen LogP contribution in [0.2, 0.25) is 5.02 Å². The fourth-order valence-corrected chi connectivity index (χ4v) is 5.23. The number of nitrogens with one attached hydrogen (secondary N) is 2. The minimum absolute atomic E-state index is 0.0424. The number of nitrogens with zero attached hydrogens (tertiary/aromatic N) is 2. The minimum Gasteiger partial charge on any atom is -0.482 e. The highest BCUT2D eigenvalue weighted by Gasteiger charge is 2.27. The molecule has 10 nitrogen and oxygen atoms in total. The van der Waals surface area contributed by atoms with Crippen LogP contribution in [0.15, 0.2) is 58.2 Å². The molecule has 1 saturated heterocycles. The van der Waals surface area contributed by atoms with Gasteiger partial charge in [0.25, 0.3) is 11.5 Å². The van der Waals surface area contributed by atoms with Crippen LogP contribution in [-0.4, -0.2) is 61.5 Å². The van der Waals surface area contributed by atoms with Gasteiger partial charge in [0.05, 0.1) is 23.1 Å². The Kier molecular flexibility index (Phi) is 7.51. The topological polar surface area (TPSA) is 131 Å². The summed E-state index contributed by atoms with van der Waals surface area (Å²) in [6, 6.07) is 12.4. The fraction of sp³-hybridized carbons (Fsp3) is 0.261. The first kappa shape index (κ1) is 24.9. The van der Waals surface area contributed by atoms with Crippen molar-refractivity contribution in [3.63, 3.8) is 0 Å². The van der Waals surface area contributed by atoms with Crippen molar-refractivity contribution < 1.29 is 22.7 Å². The van der Waals surface area contributed by atoms with Crippen LogP contribution < -0.4 is 15.6 Å². The molecule has 0 atom stereocenters. The Balaban J connectivity index is 1.40. The maximum absolute atomic E-state index is 12.8. The second-order valence-corrected chi connectivity index (χ2v) is 10.1. The third-order valence-corrected chi connectivity index (χ3v) is 7.35. The zero-order chi connectivity index (χ0) is 25.0. The number of aromatic amines is 1. The Bertz CT molecular complexity index is 1400. The van der Waals surface area contributed by atoms with Crippen LogP contribution in [0.5, 0.6) is 5.75 Å². The van der Waals surface area contributed by atoms with Crippen molar-refractivity contribution in [3.05, 3.63) is 69.6 Å². The molecule has 0 spiro atoms. The molecular formula is C23H23ClN4O6S. The van der Waals surface area contributed by atoms with E-state index in [0.29, 0.717) is 36.0 Å². The molecule has 1 aliphatic heterocycles. The van der Waals surface area contributed by atoms with Crippen molar-refractivity contribution in [1.29, 1.82) is 0 Å². The van der Waals surface area contributed by atoms with Gasteiger partial charge in [-0.3, -0.25) is 9.59 Å². The molecule has 1 aliphatic rings. The van der Waals surface area contributed by atoms with E-state index < -0.39 is 15.9 Å². The average Bonchev–Trinajstić information content (AvgIpc) is 2.83. The third kappa shape index (κ3) is 6.06. The molecule has 2 aromatic carbocycles. The van der Waals surface area contributed by atoms with Crippen LogP contribution in [0.3, 0.4) is 0 Å². The molecular weight excluding hydrogens is 496 g/mol. The van der Waals surface area contributed by atoms with Gasteiger partial charge in [-0.05, 0) is 37.3 Å². The molecule has 35 heavy (non-hydrogen) atoms. The quantitative estimate of drug-likeness (QED) is 0.491. The number of hydrogen-bond acceptors (Lipinski definition) is 7. The summed E-state index contributed by atoms with van der Waals surface area (Å²) in [7, 11) is -3.70. The molecule has 1 fully saturated rings. The number of anilines is 1. The second-order valence-electron chi connectivity index (χ2n) is 7.76. The van der Waals surface area contributed by atoms with Gasteiger partial charge in [0.15, 0.2) is 6.61 Å². The van der Waals surface area contributed by atoms with Crippen LogP contribution in [0.4, 0.5) is 5.69 Å². The van der Waals surface area contributed by atoms with Gasteiger partial charge in [-0.1, -0.05) is 23.7 Å². The average molecular weight is 519 g/mol. The van der Waals surface area contributed by atoms with Gasteiger partial charge in [-0.25, -0.2) is 13.4 Å². The molecule has 0 radical (unpaired) electrons. The van der Waals surface area contributed by atoms with Crippen molar-refractivity contribution in [2.45, 2.75) is 11.8 Å². The lowest BCUT2D eigenvalue weighted by atomic mass is 10.2. The van der Waals surface area contributed by atoms with Gasteiger partial charge in [-0.15, -0.1) is 0 Å². The van der Waals surface area contributed by atoms with E-state index in [0.717, 1.165) is 0 Å². The first-order valence-corrected chi connectivity index (χ1v) is 12.5. The lowest BCUT2D eigenvalue weighted by Crippen LogP contribution is -2.40. The van der Waals surface area contributed by atoms with Crippen molar-refractivity contribution in [2.24, 2.45) is 0 Å². The number of H-pyrrole nitrogens is 1. The van der Waals surface area contributed by atoms with Crippen LogP contribution in [0, 0.1) is 6.92 Å². The number of sulfonamides is 1. The number of ether oxygens (including phenoxy) is 2. The van der Waals surface area contributed by atoms with E-state index in [1.807, 2.05) is 0 Å². The Morgan fingerprint density at radius 1 is 1.20 bits per heavy atom. The number of benzene rings is 2. The van der Waals surface area contributed by atoms with Crippen LogP contribution in [-0.2, 0) is 19.6 Å². The van der Waals surface area contributed by atoms with Gasteiger partial charge >= 0.3 is 0 Å². The standard InChI is InChI=1S/C23H23ClN4O6S/c1-15-11-21(29)27-23(25-15)16-3-2-4-17(12-16)26-22(30)14-34-20-6-5-18(13-19(20)24)35(31,32)28-7-9-33-10-8-28/h2-6,11-13H,7-10,14H2,1H3,(H,26,30)(H,25,27,29). The highest BCUT2D eigenvalue weighted by Crippen LogP contribution is 2.29. The zero-order valence-corrected chi connectivity index (χ0v) is 20.4. The number of amides is 1. The fourth-order valence-electron chi connectivity index (χ4n) is 3.50. The van der Waals surface area contributed by atoms with E-state index in [1.54, 1.807) is 31.2 Å². The maximum Gasteiger partial charge on any atom is 0.262 e. The highest BCUT2D eigenvalue weighted by molar-refractivity contribution is 7.89. The summed E-state index contributed by atoms with van der Waals surface area (Å²) < 4.78 is 37.6. The van der Waals surface area contributed by atoms with Gasteiger partial charge in [-0.2, -0.15) is 4.31 Å². The second kappa shape index (κ2) is 10.6. The van der Waals surface area contributed by atoms with Crippen LogP contribution in [0.25, 0.3) is 11.4 Å². The van der Waals surface area contributed by atoms with E-state index in [-0.39, 0.29) is 40.9 Å². The van der Waals surface area contributed by atoms with Crippen molar-refractivity contribution >= 4 is 33.2 Å². The number of halogens is 1. The van der Waals surface area contributed by atoms with Gasteiger partial charge in [0.1, 0.15) is 11.6 Å². The molecule has 3 aromatic rings. The number of morpholine rings is 1. The number of carbonyl (C=O) groups excluding carboxylic acids is 1. The van der Waals surface area contributed by atoms with E-state index in [9.17, 15) is 18.0 Å². The predicted molar refractivity (Wildman–Crippen MR) is 130 cm³/mol. The Morgan fingerprint density at radius 3 is 2.69 bits per heavy atom. The smallest absolute Gasteiger partial charge is 0.262 e. The molecule has 1 amide bonds. The molecule has 184 valence electrons. The highest BCUT2D eigenvalue weighted by atomic mass is 35.5. The number of aromatic nitrogens is 2. The van der Waals surface area contributed by atoms with E-state index in [1.165, 1.54) is 28.6 Å². The van der Waals surface area contributed by atoms with Gasteiger partial charge < -0.3 is 19.8 Å². The Hall–Kier alpha value is -3.25. The van der Waals surface area contributed by atoms with E-state index in [2.05, 4.69) is 15.3 Å². The number of hydrogen-bond donors (Lipinski definition) is 2. The molecule has 4 rings (SSSR count). The number of carbonyl (C=O) groups is 1. The first-order valence-electron chi connectivity index (χ1n) is 10.7. The minimum atomic E-state index is -3.70. The van der Waals surface area contributed by atoms with Crippen molar-refractivity contribution in [1.82, 2.24) is 14.3 Å². The lowest BCUT2D eigenvalue weighted by molar-refractivity contribution is -0.118. The summed E-state index contributed by atoms with van der Waals surface area (Å²) in [5, 5.41) is 2.78. The molecule has 0 aliphatic carbocycles. The molecule has 12 heteroatoms. The van der Waals surface area contributed by atoms with Gasteiger partial charge in [0.2, 0.25) is 10.0 Å². The van der Waals surface area contributed by atoms with E-state index in [4.69, 9.17) is 21.1 Å². The zero-order valence-electron chi connectivity index (χ0n) is 18.8. The Labute approximate surface area is 206 Å². The van der Waals surface area contributed by atoms with Crippen molar-refractivity contribution in [2.75, 3.05) is 38.2 Å². The number of rotatable bonds is 7. The first-order chi connectivity index (χ1) is 16.7. The normalized spacial score (nSPS) is 14.5. The molecule has 1 aromatic heterocycles. The Morgan fingerprint density at radius 2 is 1.97 bits per heavy atom. The SMILES string of the molecule is Cc1cc(=O)[nH]c(-c2cccc(NC(=O)COc3ccc(S(=O)(=O)N4CCOCC4)cc3Cl)c2)n1. The molecule has 0 saturated carbocycles. The summed E-state index contributed by atoms with van der Waals surface area (Å²) in [5.41, 5.74) is 1.42. The molecule has 2 N–H and O–H groups in total. The lowest BCUT2D eigenvalue weighted by Gasteiger charge is -2.26. The van der Waals surface area contributed by atoms with E-state index >= 15 is 0 Å². The van der Waals surface area contributed by atoms with Gasteiger partial charge in [0, 0.05) is 36.1 Å². The van der Waals surface area contributed by atoms with Crippen molar-refractivity contribution in [3.8, 4) is 17.1 Å². The number of aryl methyl sites for hydroxylation is 1. The maximum atomic E-state index is 12.8. The summed E-state index contributed by atoms with van der Waals surface area (Å²) in [5.74, 6) is 0.119. The molecule has 0 bridgehead atoms. The molecule has 0 unspecified atom stereocenters. The molecule has 2 heterocycles. The third-order valence-electron chi connectivity index (χ3n) is 5.16. The van der Waals surface area contributed by atoms with Crippen LogP contribution in [0.1, 0.15) is 5.69 Å². The van der Waals surface area contributed by atoms with Crippen LogP contribution >= 0.6 is 11.6 Å². The summed E-state index contributed by atoms with van der Waals surface area (Å²) in [4.78, 5) is 31.1.